The van der Waals surface area contributed by atoms with Crippen LogP contribution in [0.2, 0.25) is 0 Å². The molecule has 38 heavy (non-hydrogen) atoms. The van der Waals surface area contributed by atoms with Gasteiger partial charge in [0.05, 0.1) is 0 Å². The maximum Gasteiger partial charge on any atom is 0.0159 e. The maximum atomic E-state index is 2.48. The summed E-state index contributed by atoms with van der Waals surface area (Å²) in [5.41, 5.74) is 11.8. The molecule has 0 saturated heterocycles. The van der Waals surface area contributed by atoms with Gasteiger partial charge in [-0.15, -0.1) is 0 Å². The predicted octanol–water partition coefficient (Wildman–Crippen LogP) is 10.7. The zero-order valence-electron chi connectivity index (χ0n) is 22.1. The minimum atomic E-state index is -0.0391. The van der Waals surface area contributed by atoms with E-state index in [9.17, 15) is 0 Å². The second kappa shape index (κ2) is 8.57. The summed E-state index contributed by atoms with van der Waals surface area (Å²) in [4.78, 5) is 0. The Kier molecular flexibility index (Phi) is 5.13. The van der Waals surface area contributed by atoms with Crippen molar-refractivity contribution in [1.82, 2.24) is 0 Å². The first-order valence-electron chi connectivity index (χ1n) is 13.5. The lowest BCUT2D eigenvalue weighted by Gasteiger charge is -2.23. The molecule has 1 aliphatic carbocycles. The molecule has 0 fully saturated rings. The summed E-state index contributed by atoms with van der Waals surface area (Å²) in [5, 5.41) is 5.19. The van der Waals surface area contributed by atoms with Gasteiger partial charge in [0.2, 0.25) is 0 Å². The molecule has 0 spiro atoms. The Morgan fingerprint density at radius 2 is 1.16 bits per heavy atom. The molecule has 0 atom stereocenters. The maximum absolute atomic E-state index is 2.48. The van der Waals surface area contributed by atoms with Crippen LogP contribution in [0.1, 0.15) is 37.5 Å². The molecule has 6 aromatic rings. The lowest BCUT2D eigenvalue weighted by Crippen LogP contribution is -2.14. The highest BCUT2D eigenvalue weighted by molar-refractivity contribution is 6.11. The molecular formula is C38H30. The number of hydrogen-bond donors (Lipinski definition) is 0. The van der Waals surface area contributed by atoms with Crippen molar-refractivity contribution in [2.45, 2.75) is 26.2 Å². The Labute approximate surface area is 224 Å². The molecule has 0 N–H and O–H groups in total. The highest BCUT2D eigenvalue weighted by Crippen LogP contribution is 2.51. The van der Waals surface area contributed by atoms with Gasteiger partial charge in [-0.25, -0.2) is 0 Å². The zero-order chi connectivity index (χ0) is 25.9. The molecule has 6 aromatic carbocycles. The van der Waals surface area contributed by atoms with Crippen molar-refractivity contribution in [1.29, 1.82) is 0 Å². The lowest BCUT2D eigenvalue weighted by molar-refractivity contribution is 0.661. The fraction of sp³-hybridized carbons (Fsp3) is 0.105. The quantitative estimate of drug-likeness (QED) is 0.233. The van der Waals surface area contributed by atoms with Gasteiger partial charge in [-0.05, 0) is 90.7 Å². The van der Waals surface area contributed by atoms with Gasteiger partial charge in [0.15, 0.2) is 0 Å². The Morgan fingerprint density at radius 1 is 0.500 bits per heavy atom. The summed E-state index contributed by atoms with van der Waals surface area (Å²) in [6.45, 7) is 6.79. The Balaban J connectivity index is 1.56. The van der Waals surface area contributed by atoms with Crippen molar-refractivity contribution >= 4 is 27.6 Å². The van der Waals surface area contributed by atoms with E-state index in [-0.39, 0.29) is 5.41 Å². The van der Waals surface area contributed by atoms with Crippen molar-refractivity contribution in [3.8, 4) is 33.4 Å². The third-order valence-corrected chi connectivity index (χ3v) is 8.38. The largest absolute Gasteiger partial charge is 0.0871 e. The van der Waals surface area contributed by atoms with E-state index >= 15 is 0 Å². The summed E-state index contributed by atoms with van der Waals surface area (Å²) in [7, 11) is 0. The van der Waals surface area contributed by atoms with Gasteiger partial charge in [-0.2, -0.15) is 0 Å². The van der Waals surface area contributed by atoms with Crippen LogP contribution in [0.25, 0.3) is 61.0 Å². The molecule has 1 aliphatic rings. The van der Waals surface area contributed by atoms with Gasteiger partial charge in [-0.1, -0.05) is 129 Å². The normalized spacial score (nSPS) is 13.8. The van der Waals surface area contributed by atoms with E-state index in [1.165, 1.54) is 71.6 Å². The molecule has 0 heterocycles. The molecule has 0 aromatic heterocycles. The zero-order valence-corrected chi connectivity index (χ0v) is 22.1. The highest BCUT2D eigenvalue weighted by Gasteiger charge is 2.35. The van der Waals surface area contributed by atoms with Crippen LogP contribution in [-0.4, -0.2) is 0 Å². The summed E-state index contributed by atoms with van der Waals surface area (Å²) < 4.78 is 0. The fourth-order valence-electron chi connectivity index (χ4n) is 6.45. The fourth-order valence-corrected chi connectivity index (χ4v) is 6.45. The van der Waals surface area contributed by atoms with Crippen LogP contribution in [0.4, 0.5) is 0 Å². The van der Waals surface area contributed by atoms with Crippen molar-refractivity contribution in [3.05, 3.63) is 138 Å². The topological polar surface area (TPSA) is 0 Å². The first-order chi connectivity index (χ1) is 18.6. The van der Waals surface area contributed by atoms with Crippen LogP contribution in [0, 0.1) is 0 Å². The summed E-state index contributed by atoms with van der Waals surface area (Å²) in [5.74, 6) is 0. The highest BCUT2D eigenvalue weighted by atomic mass is 14.4. The molecule has 0 radical (unpaired) electrons. The molecule has 0 amide bonds. The molecule has 182 valence electrons. The molecule has 0 unspecified atom stereocenters. The molecule has 0 saturated carbocycles. The number of benzene rings is 6. The van der Waals surface area contributed by atoms with Crippen LogP contribution in [0.15, 0.2) is 121 Å². The van der Waals surface area contributed by atoms with Gasteiger partial charge in [-0.3, -0.25) is 0 Å². The Bertz CT molecular complexity index is 1880. The monoisotopic (exact) mass is 486 g/mol. The summed E-state index contributed by atoms with van der Waals surface area (Å²) in [6.07, 6.45) is 4.24. The van der Waals surface area contributed by atoms with Crippen LogP contribution in [0.5, 0.6) is 0 Å². The summed E-state index contributed by atoms with van der Waals surface area (Å²) in [6, 6.07) is 42.9. The number of rotatable bonds is 3. The van der Waals surface area contributed by atoms with Crippen molar-refractivity contribution in [2.75, 3.05) is 0 Å². The van der Waals surface area contributed by atoms with E-state index in [0.29, 0.717) is 0 Å². The minimum absolute atomic E-state index is 0.0391. The third kappa shape index (κ3) is 3.37. The van der Waals surface area contributed by atoms with E-state index in [2.05, 4.69) is 148 Å². The average Bonchev–Trinajstić information content (AvgIpc) is 3.18. The van der Waals surface area contributed by atoms with E-state index in [4.69, 9.17) is 0 Å². The van der Waals surface area contributed by atoms with E-state index in [1.807, 2.05) is 0 Å². The van der Waals surface area contributed by atoms with Crippen molar-refractivity contribution in [3.63, 3.8) is 0 Å². The molecule has 0 aliphatic heterocycles. The second-order valence-electron chi connectivity index (χ2n) is 10.9. The van der Waals surface area contributed by atoms with E-state index in [1.54, 1.807) is 0 Å². The van der Waals surface area contributed by atoms with Gasteiger partial charge in [0, 0.05) is 5.41 Å². The second-order valence-corrected chi connectivity index (χ2v) is 10.9. The predicted molar refractivity (Wildman–Crippen MR) is 165 cm³/mol. The van der Waals surface area contributed by atoms with Crippen molar-refractivity contribution in [2.24, 2.45) is 0 Å². The van der Waals surface area contributed by atoms with Crippen LogP contribution in [0.3, 0.4) is 0 Å². The van der Waals surface area contributed by atoms with Gasteiger partial charge < -0.3 is 0 Å². The standard InChI is InChI=1S/C38H30/c1-4-10-25-17-19-27(20-18-25)29-21-22-31(30-15-9-12-26-11-5-6-13-28(26)30)33-23-35-32-14-7-8-16-36(32)38(2,3)37(35)24-34(29)33/h4-24H,1-3H3/b10-4+. The van der Waals surface area contributed by atoms with Crippen LogP contribution < -0.4 is 0 Å². The first kappa shape index (κ1) is 22.8. The molecule has 0 heteroatoms. The van der Waals surface area contributed by atoms with E-state index < -0.39 is 0 Å². The lowest BCUT2D eigenvalue weighted by atomic mass is 9.80. The molecular weight excluding hydrogens is 456 g/mol. The van der Waals surface area contributed by atoms with Gasteiger partial charge >= 0.3 is 0 Å². The third-order valence-electron chi connectivity index (χ3n) is 8.38. The van der Waals surface area contributed by atoms with Crippen LogP contribution in [-0.2, 0) is 5.41 Å². The van der Waals surface area contributed by atoms with E-state index in [0.717, 1.165) is 0 Å². The first-order valence-corrected chi connectivity index (χ1v) is 13.5. The van der Waals surface area contributed by atoms with Gasteiger partial charge in [0.1, 0.15) is 0 Å². The van der Waals surface area contributed by atoms with Crippen molar-refractivity contribution < 1.29 is 0 Å². The Hall–Kier alpha value is -4.42. The number of fused-ring (bicyclic) bond motifs is 5. The molecule has 0 nitrogen and oxygen atoms in total. The Morgan fingerprint density at radius 3 is 2.00 bits per heavy atom. The minimum Gasteiger partial charge on any atom is -0.0871 e. The molecule has 0 bridgehead atoms. The number of hydrogen-bond acceptors (Lipinski definition) is 0. The van der Waals surface area contributed by atoms with Crippen LogP contribution >= 0.6 is 0 Å². The summed E-state index contributed by atoms with van der Waals surface area (Å²) >= 11 is 0. The van der Waals surface area contributed by atoms with Gasteiger partial charge in [0.25, 0.3) is 0 Å². The number of allylic oxidation sites excluding steroid dienone is 1. The smallest absolute Gasteiger partial charge is 0.0159 e. The average molecular weight is 487 g/mol. The molecule has 7 rings (SSSR count). The SMILES string of the molecule is C/C=C/c1ccc(-c2ccc(-c3cccc4ccccc34)c3cc4c(cc23)C(C)(C)c2ccccc2-4)cc1.